The highest BCUT2D eigenvalue weighted by Crippen LogP contribution is 2.35. The first kappa shape index (κ1) is 20.0. The minimum absolute atomic E-state index is 0.0155. The summed E-state index contributed by atoms with van der Waals surface area (Å²) in [6, 6.07) is 5.33. The second-order valence-corrected chi connectivity index (χ2v) is 7.38. The van der Waals surface area contributed by atoms with Crippen molar-refractivity contribution in [3.05, 3.63) is 41.5 Å². The van der Waals surface area contributed by atoms with E-state index in [0.717, 1.165) is 11.1 Å². The molecule has 1 aliphatic rings. The third kappa shape index (κ3) is 5.08. The van der Waals surface area contributed by atoms with E-state index < -0.39 is 30.3 Å². The van der Waals surface area contributed by atoms with Gasteiger partial charge in [0.2, 0.25) is 0 Å². The summed E-state index contributed by atoms with van der Waals surface area (Å²) in [7, 11) is 0. The Hall–Kier alpha value is -2.34. The van der Waals surface area contributed by atoms with Crippen LogP contribution in [0.25, 0.3) is 0 Å². The summed E-state index contributed by atoms with van der Waals surface area (Å²) >= 11 is 0. The van der Waals surface area contributed by atoms with Crippen molar-refractivity contribution >= 4 is 11.9 Å². The smallest absolute Gasteiger partial charge is 0.303 e. The lowest BCUT2D eigenvalue weighted by atomic mass is 9.84. The Morgan fingerprint density at radius 1 is 1.15 bits per heavy atom. The van der Waals surface area contributed by atoms with E-state index in [0.29, 0.717) is 0 Å². The molecule has 0 radical (unpaired) electrons. The van der Waals surface area contributed by atoms with E-state index in [-0.39, 0.29) is 17.8 Å². The number of esters is 2. The van der Waals surface area contributed by atoms with E-state index in [1.54, 1.807) is 24.3 Å². The second kappa shape index (κ2) is 7.91. The van der Waals surface area contributed by atoms with Crippen molar-refractivity contribution in [2.75, 3.05) is 6.61 Å². The Labute approximate surface area is 153 Å². The number of ether oxygens (including phenoxy) is 3. The van der Waals surface area contributed by atoms with Gasteiger partial charge in [-0.3, -0.25) is 9.59 Å². The summed E-state index contributed by atoms with van der Waals surface area (Å²) in [6.45, 7) is 8.67. The molecular formula is C20H26O6. The highest BCUT2D eigenvalue weighted by molar-refractivity contribution is 5.67. The zero-order chi connectivity index (χ0) is 19.5. The monoisotopic (exact) mass is 362 g/mol. The van der Waals surface area contributed by atoms with Crippen LogP contribution in [0.4, 0.5) is 0 Å². The molecule has 0 aromatic heterocycles. The van der Waals surface area contributed by atoms with E-state index in [9.17, 15) is 14.7 Å². The highest BCUT2D eigenvalue weighted by atomic mass is 16.6. The zero-order valence-corrected chi connectivity index (χ0v) is 15.8. The van der Waals surface area contributed by atoms with Crippen LogP contribution in [0.15, 0.2) is 30.4 Å². The Kier molecular flexibility index (Phi) is 6.08. The number of rotatable bonds is 4. The number of hydrogen-bond donors (Lipinski definition) is 1. The lowest BCUT2D eigenvalue weighted by molar-refractivity contribution is -0.163. The van der Waals surface area contributed by atoms with Crippen molar-refractivity contribution < 1.29 is 28.9 Å². The molecule has 0 spiro atoms. The first-order chi connectivity index (χ1) is 12.1. The van der Waals surface area contributed by atoms with Gasteiger partial charge >= 0.3 is 11.9 Å². The fourth-order valence-corrected chi connectivity index (χ4v) is 2.81. The van der Waals surface area contributed by atoms with E-state index in [4.69, 9.17) is 14.2 Å². The molecule has 6 heteroatoms. The SMILES string of the molecule is CC(=O)OC[C@H]1O[C@H](c2ccc(O)c(C(C)(C)C)c2)C=C[C@@H]1OC(C)=O. The molecular weight excluding hydrogens is 336 g/mol. The molecule has 6 nitrogen and oxygen atoms in total. The Bertz CT molecular complexity index is 701. The molecule has 1 heterocycles. The van der Waals surface area contributed by atoms with Crippen LogP contribution in [-0.4, -0.2) is 35.9 Å². The van der Waals surface area contributed by atoms with Crippen LogP contribution in [0.3, 0.4) is 0 Å². The summed E-state index contributed by atoms with van der Waals surface area (Å²) in [6.07, 6.45) is 1.92. The number of hydrogen-bond acceptors (Lipinski definition) is 6. The van der Waals surface area contributed by atoms with Crippen LogP contribution < -0.4 is 0 Å². The maximum atomic E-state index is 11.3. The lowest BCUT2D eigenvalue weighted by Gasteiger charge is -2.32. The number of carbonyl (C=O) groups is 2. The number of phenols is 1. The Balaban J connectivity index is 2.27. The molecule has 142 valence electrons. The lowest BCUT2D eigenvalue weighted by Crippen LogP contribution is -2.39. The van der Waals surface area contributed by atoms with Crippen LogP contribution in [0, 0.1) is 0 Å². The van der Waals surface area contributed by atoms with Gasteiger partial charge in [-0.25, -0.2) is 0 Å². The predicted octanol–water partition coefficient (Wildman–Crippen LogP) is 3.18. The van der Waals surface area contributed by atoms with Crippen molar-refractivity contribution in [3.8, 4) is 5.75 Å². The number of carbonyl (C=O) groups excluding carboxylic acids is 2. The zero-order valence-electron chi connectivity index (χ0n) is 15.8. The maximum absolute atomic E-state index is 11.3. The van der Waals surface area contributed by atoms with Crippen LogP contribution in [0.5, 0.6) is 5.75 Å². The Morgan fingerprint density at radius 2 is 1.85 bits per heavy atom. The van der Waals surface area contributed by atoms with Gasteiger partial charge in [-0.15, -0.1) is 0 Å². The van der Waals surface area contributed by atoms with Gasteiger partial charge in [0.15, 0.2) is 0 Å². The topological polar surface area (TPSA) is 82.1 Å². The minimum atomic E-state index is -0.623. The molecule has 1 aliphatic heterocycles. The molecule has 1 N–H and O–H groups in total. The number of aromatic hydroxyl groups is 1. The first-order valence-electron chi connectivity index (χ1n) is 8.55. The molecule has 0 saturated carbocycles. The molecule has 0 fully saturated rings. The van der Waals surface area contributed by atoms with E-state index in [1.165, 1.54) is 13.8 Å². The molecule has 0 saturated heterocycles. The van der Waals surface area contributed by atoms with Crippen molar-refractivity contribution in [2.24, 2.45) is 0 Å². The van der Waals surface area contributed by atoms with E-state index >= 15 is 0 Å². The van der Waals surface area contributed by atoms with Gasteiger partial charge < -0.3 is 19.3 Å². The van der Waals surface area contributed by atoms with Gasteiger partial charge in [-0.2, -0.15) is 0 Å². The number of benzene rings is 1. The van der Waals surface area contributed by atoms with Gasteiger partial charge in [-0.05, 0) is 34.8 Å². The quantitative estimate of drug-likeness (QED) is 0.654. The fourth-order valence-electron chi connectivity index (χ4n) is 2.81. The van der Waals surface area contributed by atoms with E-state index in [2.05, 4.69) is 0 Å². The summed E-state index contributed by atoms with van der Waals surface area (Å²) < 4.78 is 16.3. The standard InChI is InChI=1S/C20H26O6/c1-12(21)24-11-19-18(25-13(2)22)9-8-17(26-19)14-6-7-16(23)15(10-14)20(3,4)5/h6-10,17-19,23H,11H2,1-5H3/t17-,18-,19+/m0/s1. The molecule has 3 atom stereocenters. The Morgan fingerprint density at radius 3 is 2.42 bits per heavy atom. The summed E-state index contributed by atoms with van der Waals surface area (Å²) in [4.78, 5) is 22.4. The molecule has 26 heavy (non-hydrogen) atoms. The van der Waals surface area contributed by atoms with E-state index in [1.807, 2.05) is 26.8 Å². The molecule has 0 unspecified atom stereocenters. The van der Waals surface area contributed by atoms with Gasteiger partial charge in [-0.1, -0.05) is 32.9 Å². The predicted molar refractivity (Wildman–Crippen MR) is 95.7 cm³/mol. The van der Waals surface area contributed by atoms with Crippen molar-refractivity contribution in [3.63, 3.8) is 0 Å². The van der Waals surface area contributed by atoms with Gasteiger partial charge in [0.25, 0.3) is 0 Å². The molecule has 0 bridgehead atoms. The molecule has 0 aliphatic carbocycles. The van der Waals surface area contributed by atoms with Crippen LogP contribution in [0.1, 0.15) is 51.8 Å². The van der Waals surface area contributed by atoms with Crippen molar-refractivity contribution in [1.29, 1.82) is 0 Å². The average molecular weight is 362 g/mol. The molecule has 0 amide bonds. The van der Waals surface area contributed by atoms with Gasteiger partial charge in [0.05, 0.1) is 0 Å². The summed E-state index contributed by atoms with van der Waals surface area (Å²) in [5.74, 6) is -0.634. The van der Waals surface area contributed by atoms with Crippen molar-refractivity contribution in [1.82, 2.24) is 0 Å². The maximum Gasteiger partial charge on any atom is 0.303 e. The van der Waals surface area contributed by atoms with Crippen LogP contribution in [-0.2, 0) is 29.2 Å². The summed E-state index contributed by atoms with van der Waals surface area (Å²) in [5.41, 5.74) is 1.44. The fraction of sp³-hybridized carbons (Fsp3) is 0.500. The molecule has 2 rings (SSSR count). The third-order valence-corrected chi connectivity index (χ3v) is 4.07. The summed E-state index contributed by atoms with van der Waals surface area (Å²) in [5, 5.41) is 10.1. The molecule has 1 aromatic rings. The van der Waals surface area contributed by atoms with Crippen LogP contribution in [0.2, 0.25) is 0 Å². The van der Waals surface area contributed by atoms with Gasteiger partial charge in [0, 0.05) is 13.8 Å². The highest BCUT2D eigenvalue weighted by Gasteiger charge is 2.32. The van der Waals surface area contributed by atoms with Crippen molar-refractivity contribution in [2.45, 2.75) is 58.3 Å². The normalized spacial score (nSPS) is 22.7. The largest absolute Gasteiger partial charge is 0.508 e. The number of phenolic OH excluding ortho intramolecular Hbond substituents is 1. The third-order valence-electron chi connectivity index (χ3n) is 4.07. The minimum Gasteiger partial charge on any atom is -0.508 e. The first-order valence-corrected chi connectivity index (χ1v) is 8.55. The average Bonchev–Trinajstić information content (AvgIpc) is 2.52. The second-order valence-electron chi connectivity index (χ2n) is 7.38. The van der Waals surface area contributed by atoms with Crippen LogP contribution >= 0.6 is 0 Å². The molecule has 1 aromatic carbocycles. The van der Waals surface area contributed by atoms with Gasteiger partial charge in [0.1, 0.15) is 30.7 Å².